The Morgan fingerprint density at radius 3 is 1.14 bits per heavy atom. The minimum atomic E-state index is 0.558. The lowest BCUT2D eigenvalue weighted by Crippen LogP contribution is -2.28. The zero-order chi connectivity index (χ0) is 82.2. The van der Waals surface area contributed by atoms with Crippen molar-refractivity contribution in [2.24, 2.45) is 0 Å². The maximum absolute atomic E-state index is 5.88. The van der Waals surface area contributed by atoms with E-state index in [1.807, 2.05) is 12.2 Å². The number of allylic oxidation sites excluding steroid dienone is 2. The van der Waals surface area contributed by atoms with Crippen LogP contribution in [0.5, 0.6) is 0 Å². The SMILES string of the molecule is C=C/C=C/c1ccccc1N(C)c1nc(-n2c3ccccc3c3ccc(-c4ccc5c(c4)c4cc(-c6ccc7c8ccccc8n(-c8ccccc8)c7c6)ccc4n5-c4ccccc4)cc32)c2cc(-n3c(=C/Cc4ccc5c(c4)c4cc(-c6ccc7c8ccccc8n(-c8ccccc8)c7c6)ccc4n5-c4ccccc4)/c(=C\C)c4ccccc43)ccc2n1. The Bertz CT molecular complexity index is 8690. The molecule has 0 bridgehead atoms. The summed E-state index contributed by atoms with van der Waals surface area (Å²) < 4.78 is 14.5. The Labute approximate surface area is 714 Å². The van der Waals surface area contributed by atoms with Gasteiger partial charge >= 0.3 is 0 Å². The molecular formula is C115H79N9. The molecule has 0 amide bonds. The molecule has 7 heterocycles. The first kappa shape index (κ1) is 71.7. The largest absolute Gasteiger partial charge is 0.313 e. The molecule has 0 atom stereocenters. The van der Waals surface area contributed by atoms with Gasteiger partial charge in [0, 0.05) is 105 Å². The Balaban J connectivity index is 0.668. The van der Waals surface area contributed by atoms with E-state index in [0.717, 1.165) is 145 Å². The molecule has 0 unspecified atom stereocenters. The topological polar surface area (TPSA) is 58.6 Å². The van der Waals surface area contributed by atoms with Crippen LogP contribution in [0.2, 0.25) is 0 Å². The van der Waals surface area contributed by atoms with Gasteiger partial charge in [-0.3, -0.25) is 4.57 Å². The number of para-hydroxylation sites is 9. The molecule has 0 aliphatic carbocycles. The molecule has 0 aliphatic rings. The summed E-state index contributed by atoms with van der Waals surface area (Å²) in [7, 11) is 2.07. The van der Waals surface area contributed by atoms with Crippen molar-refractivity contribution in [1.29, 1.82) is 0 Å². The number of hydrogen-bond donors (Lipinski definition) is 0. The molecule has 0 saturated carbocycles. The molecule has 17 aromatic carbocycles. The first-order chi connectivity index (χ1) is 61.3. The van der Waals surface area contributed by atoms with Gasteiger partial charge in [0.25, 0.3) is 0 Å². The number of fused-ring (bicyclic) bond motifs is 17. The third-order valence-corrected chi connectivity index (χ3v) is 25.6. The lowest BCUT2D eigenvalue weighted by Gasteiger charge is -2.22. The third kappa shape index (κ3) is 11.5. The highest BCUT2D eigenvalue weighted by Gasteiger charge is 2.25. The number of benzene rings is 17. The maximum atomic E-state index is 5.88. The molecule has 124 heavy (non-hydrogen) atoms. The summed E-state index contributed by atoms with van der Waals surface area (Å²) in [5, 5.41) is 16.3. The van der Waals surface area contributed by atoms with Gasteiger partial charge < -0.3 is 27.7 Å². The fourth-order valence-electron chi connectivity index (χ4n) is 19.9. The first-order valence-electron chi connectivity index (χ1n) is 42.5. The quantitative estimate of drug-likeness (QED) is 0.0961. The van der Waals surface area contributed by atoms with Gasteiger partial charge in [0.1, 0.15) is 0 Å². The van der Waals surface area contributed by atoms with Gasteiger partial charge in [0.2, 0.25) is 5.95 Å². The van der Waals surface area contributed by atoms with E-state index in [2.05, 4.69) is 459 Å². The zero-order valence-electron chi connectivity index (χ0n) is 68.3. The van der Waals surface area contributed by atoms with E-state index in [0.29, 0.717) is 12.4 Å². The van der Waals surface area contributed by atoms with Crippen LogP contribution in [0.4, 0.5) is 11.6 Å². The highest BCUT2D eigenvalue weighted by Crippen LogP contribution is 2.45. The van der Waals surface area contributed by atoms with Crippen molar-refractivity contribution >= 4 is 161 Å². The zero-order valence-corrected chi connectivity index (χ0v) is 68.3. The Hall–Kier alpha value is -16.4. The van der Waals surface area contributed by atoms with Crippen molar-refractivity contribution in [3.8, 4) is 67.6 Å². The smallest absolute Gasteiger partial charge is 0.232 e. The van der Waals surface area contributed by atoms with E-state index in [-0.39, 0.29) is 0 Å². The highest BCUT2D eigenvalue weighted by atomic mass is 15.3. The van der Waals surface area contributed by atoms with E-state index in [9.17, 15) is 0 Å². The second-order valence-corrected chi connectivity index (χ2v) is 32.4. The average molecular weight is 1590 g/mol. The molecule has 24 rings (SSSR count). The molecule has 0 spiro atoms. The van der Waals surface area contributed by atoms with Crippen molar-refractivity contribution in [2.75, 3.05) is 11.9 Å². The molecule has 584 valence electrons. The van der Waals surface area contributed by atoms with Gasteiger partial charge in [-0.1, -0.05) is 261 Å². The van der Waals surface area contributed by atoms with E-state index in [1.165, 1.54) is 81.3 Å². The van der Waals surface area contributed by atoms with Crippen LogP contribution >= 0.6 is 0 Å². The van der Waals surface area contributed by atoms with Gasteiger partial charge in [-0.05, 0) is 222 Å². The molecule has 7 aromatic heterocycles. The van der Waals surface area contributed by atoms with Crippen LogP contribution in [0, 0.1) is 0 Å². The summed E-state index contributed by atoms with van der Waals surface area (Å²) in [6.45, 7) is 6.20. The molecule has 9 nitrogen and oxygen atoms in total. The van der Waals surface area contributed by atoms with E-state index in [4.69, 9.17) is 9.97 Å². The second kappa shape index (κ2) is 29.0. The summed E-state index contributed by atoms with van der Waals surface area (Å²) in [5.74, 6) is 1.32. The summed E-state index contributed by atoms with van der Waals surface area (Å²) >= 11 is 0. The van der Waals surface area contributed by atoms with Crippen LogP contribution in [-0.4, -0.2) is 44.4 Å². The summed E-state index contributed by atoms with van der Waals surface area (Å²) in [6, 6.07) is 142. The third-order valence-electron chi connectivity index (χ3n) is 25.6. The number of rotatable bonds is 15. The number of nitrogens with zero attached hydrogens (tertiary/aromatic N) is 9. The lowest BCUT2D eigenvalue weighted by atomic mass is 9.99. The van der Waals surface area contributed by atoms with Gasteiger partial charge in [0.05, 0.1) is 77.2 Å². The summed E-state index contributed by atoms with van der Waals surface area (Å²) in [5.41, 5.74) is 28.8. The minimum Gasteiger partial charge on any atom is -0.313 e. The van der Waals surface area contributed by atoms with Gasteiger partial charge in [-0.2, -0.15) is 4.98 Å². The van der Waals surface area contributed by atoms with Crippen molar-refractivity contribution in [1.82, 2.24) is 37.4 Å². The molecule has 24 aromatic rings. The molecule has 0 aliphatic heterocycles. The fraction of sp³-hybridized carbons (Fsp3) is 0.0261. The standard InChI is InChI=1S/C115H79N9/c1-4-6-29-75-30-19-24-43-101(75)118(3)115-116-100-60-56-86(123-102-44-25-20-39-88(102)87(5-2)106(123)61-48-74-49-62-107-95(66-74)96-67-76(53-63-108(96)119(107)82-31-11-7-12-32-82)79-50-57-92-89-40-21-26-45-103(89)121(111(92)70-79)84-35-15-9-16-36-84)73-99(100)114(117-115)124-105-47-28-23-42-91(105)94-59-52-81(72-113(94)124)78-55-65-110-98(69-78)97-68-77(54-64-109(97)120(110)83-33-13-8-14-34-83)80-51-58-93-90-41-22-27-46-104(90)122(112(93)71-80)85-37-17-10-18-38-85/h4-47,49-73H,1,48H2,2-3H3/b29-6+,87-5-,106-61+. The monoisotopic (exact) mass is 1590 g/mol. The molecule has 0 N–H and O–H groups in total. The fourth-order valence-corrected chi connectivity index (χ4v) is 19.9. The van der Waals surface area contributed by atoms with Crippen molar-refractivity contribution in [3.05, 3.63) is 429 Å². The van der Waals surface area contributed by atoms with Gasteiger partial charge in [-0.15, -0.1) is 0 Å². The highest BCUT2D eigenvalue weighted by molar-refractivity contribution is 6.17. The molecule has 9 heteroatoms. The molecular weight excluding hydrogens is 1510 g/mol. The Morgan fingerprint density at radius 2 is 0.661 bits per heavy atom. The Kier molecular flexibility index (Phi) is 16.8. The van der Waals surface area contributed by atoms with E-state index >= 15 is 0 Å². The predicted octanol–water partition coefficient (Wildman–Crippen LogP) is 27.9. The van der Waals surface area contributed by atoms with Gasteiger partial charge in [-0.25, -0.2) is 4.98 Å². The van der Waals surface area contributed by atoms with Crippen molar-refractivity contribution < 1.29 is 0 Å². The van der Waals surface area contributed by atoms with Crippen molar-refractivity contribution in [2.45, 2.75) is 13.3 Å². The Morgan fingerprint density at radius 1 is 0.290 bits per heavy atom. The normalized spacial score (nSPS) is 12.4. The van der Waals surface area contributed by atoms with Crippen LogP contribution in [0.3, 0.4) is 0 Å². The second-order valence-electron chi connectivity index (χ2n) is 32.4. The van der Waals surface area contributed by atoms with Crippen LogP contribution in [0.15, 0.2) is 407 Å². The van der Waals surface area contributed by atoms with Crippen LogP contribution < -0.4 is 15.5 Å². The number of aromatic nitrogens is 8. The maximum Gasteiger partial charge on any atom is 0.232 e. The summed E-state index contributed by atoms with van der Waals surface area (Å²) in [6.07, 6.45) is 11.3. The minimum absolute atomic E-state index is 0.558. The molecule has 0 fully saturated rings. The number of anilines is 2. The van der Waals surface area contributed by atoms with Crippen LogP contribution in [0.1, 0.15) is 18.1 Å². The first-order valence-corrected chi connectivity index (χ1v) is 42.5. The molecule has 0 radical (unpaired) electrons. The van der Waals surface area contributed by atoms with Gasteiger partial charge in [0.15, 0.2) is 5.82 Å². The average Bonchev–Trinajstić information content (AvgIpc) is 1.48. The van der Waals surface area contributed by atoms with Crippen LogP contribution in [-0.2, 0) is 6.42 Å². The molecule has 0 saturated heterocycles. The van der Waals surface area contributed by atoms with E-state index in [1.54, 1.807) is 0 Å². The van der Waals surface area contributed by atoms with Crippen LogP contribution in [0.25, 0.3) is 217 Å². The number of hydrogen-bond acceptors (Lipinski definition) is 3. The predicted molar refractivity (Wildman–Crippen MR) is 522 cm³/mol. The van der Waals surface area contributed by atoms with E-state index < -0.39 is 0 Å². The van der Waals surface area contributed by atoms with Crippen molar-refractivity contribution in [3.63, 3.8) is 0 Å². The summed E-state index contributed by atoms with van der Waals surface area (Å²) in [4.78, 5) is 13.6. The lowest BCUT2D eigenvalue weighted by molar-refractivity contribution is 1.01.